The van der Waals surface area contributed by atoms with Crippen LogP contribution < -0.4 is 42.3 Å². The fourth-order valence-corrected chi connectivity index (χ4v) is 10.9. The van der Waals surface area contributed by atoms with Gasteiger partial charge in [0.1, 0.15) is 34.2 Å². The predicted molar refractivity (Wildman–Crippen MR) is 225 cm³/mol. The van der Waals surface area contributed by atoms with E-state index in [-0.39, 0.29) is 13.4 Å². The Kier molecular flexibility index (Phi) is 4.57. The normalized spacial score (nSPS) is 14.0. The maximum absolute atomic E-state index is 6.85. The van der Waals surface area contributed by atoms with Crippen molar-refractivity contribution in [2.75, 3.05) is 0 Å². The first-order valence-electron chi connectivity index (χ1n) is 19.0. The molecule has 55 heavy (non-hydrogen) atoms. The second-order valence-electron chi connectivity index (χ2n) is 15.5. The highest BCUT2D eigenvalue weighted by molar-refractivity contribution is 7.00. The minimum Gasteiger partial charge on any atom is -0.458 e. The number of fused-ring (bicyclic) bond motifs is 19. The molecule has 0 saturated heterocycles. The van der Waals surface area contributed by atoms with E-state index in [2.05, 4.69) is 155 Å². The van der Waals surface area contributed by atoms with E-state index in [1.807, 2.05) is 0 Å². The molecule has 0 radical (unpaired) electrons. The molecule has 8 aromatic carbocycles. The van der Waals surface area contributed by atoms with Gasteiger partial charge in [-0.25, -0.2) is 0 Å². The number of hydrogen-bond donors (Lipinski definition) is 0. The average Bonchev–Trinajstić information content (AvgIpc) is 3.88. The van der Waals surface area contributed by atoms with E-state index in [0.717, 1.165) is 55.9 Å². The van der Waals surface area contributed by atoms with E-state index >= 15 is 0 Å². The van der Waals surface area contributed by atoms with Crippen LogP contribution in [0.1, 0.15) is 0 Å². The standard InChI is InChI=1S/C48H24B2N2O3/c1-5-13-35-25(9-1)27-17-19-39-45-47(27)51(35)37-15-7-3-11-31(37)49(45)33-21-29-30-22-34-44(24-42(30)55-41(29)23-43(33)53-39)54-40-20-18-28-26-10-2-6-14-36(26)52-38-16-8-4-12-32(38)50(34)46(40)48(28)52/h1-24H. The minimum atomic E-state index is 0.0121. The number of para-hydroxylation sites is 4. The summed E-state index contributed by atoms with van der Waals surface area (Å²) in [7, 11) is 0. The molecule has 0 unspecified atom stereocenters. The van der Waals surface area contributed by atoms with Crippen molar-refractivity contribution in [2.45, 2.75) is 0 Å². The topological polar surface area (TPSA) is 41.5 Å². The number of nitrogens with zero attached hydrogens (tertiary/aromatic N) is 2. The van der Waals surface area contributed by atoms with Gasteiger partial charge in [-0.05, 0) is 81.3 Å². The molecular formula is C48H24B2N2O3. The number of furan rings is 1. The average molecular weight is 698 g/mol. The third-order valence-corrected chi connectivity index (χ3v) is 13.0. The van der Waals surface area contributed by atoms with Gasteiger partial charge < -0.3 is 23.0 Å². The monoisotopic (exact) mass is 698 g/mol. The zero-order chi connectivity index (χ0) is 35.3. The molecule has 0 spiro atoms. The molecule has 0 amide bonds. The van der Waals surface area contributed by atoms with Crippen molar-refractivity contribution in [3.05, 3.63) is 146 Å². The summed E-state index contributed by atoms with van der Waals surface area (Å²) in [5, 5.41) is 7.19. The zero-order valence-corrected chi connectivity index (χ0v) is 29.1. The predicted octanol–water partition coefficient (Wildman–Crippen LogP) is 7.65. The van der Waals surface area contributed by atoms with Crippen LogP contribution in [-0.4, -0.2) is 22.6 Å². The fraction of sp³-hybridized carbons (Fsp3) is 0. The Bertz CT molecular complexity index is 3410. The molecular weight excluding hydrogens is 674 g/mol. The van der Waals surface area contributed by atoms with E-state index in [9.17, 15) is 0 Å². The van der Waals surface area contributed by atoms with Crippen molar-refractivity contribution in [1.29, 1.82) is 0 Å². The van der Waals surface area contributed by atoms with Gasteiger partial charge in [-0.1, -0.05) is 84.9 Å². The molecule has 7 heterocycles. The van der Waals surface area contributed by atoms with Crippen LogP contribution in [0, 0.1) is 0 Å². The lowest BCUT2D eigenvalue weighted by Gasteiger charge is -2.33. The van der Waals surface area contributed by atoms with Crippen LogP contribution in [0.15, 0.2) is 150 Å². The Labute approximate surface area is 313 Å². The van der Waals surface area contributed by atoms with Crippen LogP contribution in [0.25, 0.3) is 76.9 Å². The lowest BCUT2D eigenvalue weighted by atomic mass is 9.34. The number of rotatable bonds is 0. The van der Waals surface area contributed by atoms with Crippen LogP contribution in [0.4, 0.5) is 0 Å². The number of benzene rings is 8. The van der Waals surface area contributed by atoms with Crippen molar-refractivity contribution < 1.29 is 13.9 Å². The molecule has 4 aliphatic rings. The molecule has 0 aliphatic carbocycles. The first-order chi connectivity index (χ1) is 27.3. The highest BCUT2D eigenvalue weighted by Gasteiger charge is 2.43. The Morgan fingerprint density at radius 3 is 1.33 bits per heavy atom. The van der Waals surface area contributed by atoms with Gasteiger partial charge >= 0.3 is 0 Å². The van der Waals surface area contributed by atoms with Crippen molar-refractivity contribution in [3.63, 3.8) is 0 Å². The molecule has 15 rings (SSSR count). The summed E-state index contributed by atoms with van der Waals surface area (Å²) in [6.45, 7) is 0.0242. The van der Waals surface area contributed by atoms with Gasteiger partial charge in [-0.3, -0.25) is 0 Å². The van der Waals surface area contributed by atoms with Crippen LogP contribution >= 0.6 is 0 Å². The van der Waals surface area contributed by atoms with E-state index < -0.39 is 0 Å². The first kappa shape index (κ1) is 27.5. The largest absolute Gasteiger partial charge is 0.458 e. The third kappa shape index (κ3) is 3.09. The number of hydrogen-bond acceptors (Lipinski definition) is 3. The molecule has 0 saturated carbocycles. The summed E-state index contributed by atoms with van der Waals surface area (Å²) in [5.41, 5.74) is 16.3. The van der Waals surface area contributed by atoms with Crippen LogP contribution in [0.5, 0.6) is 23.0 Å². The molecule has 5 nitrogen and oxygen atoms in total. The van der Waals surface area contributed by atoms with Crippen molar-refractivity contribution >= 4 is 112 Å². The Morgan fingerprint density at radius 1 is 0.364 bits per heavy atom. The van der Waals surface area contributed by atoms with Crippen LogP contribution in [-0.2, 0) is 0 Å². The molecule has 0 fully saturated rings. The van der Waals surface area contributed by atoms with Crippen molar-refractivity contribution in [3.8, 4) is 34.4 Å². The van der Waals surface area contributed by atoms with Gasteiger partial charge in [0, 0.05) is 55.8 Å². The molecule has 7 heteroatoms. The first-order valence-corrected chi connectivity index (χ1v) is 19.0. The zero-order valence-electron chi connectivity index (χ0n) is 29.1. The van der Waals surface area contributed by atoms with Gasteiger partial charge in [0.2, 0.25) is 0 Å². The quantitative estimate of drug-likeness (QED) is 0.153. The van der Waals surface area contributed by atoms with E-state index in [0.29, 0.717) is 0 Å². The smallest absolute Gasteiger partial charge is 0.256 e. The molecule has 250 valence electrons. The van der Waals surface area contributed by atoms with Gasteiger partial charge in [-0.15, -0.1) is 0 Å². The van der Waals surface area contributed by atoms with Gasteiger partial charge in [-0.2, -0.15) is 0 Å². The molecule has 4 aliphatic heterocycles. The van der Waals surface area contributed by atoms with Gasteiger partial charge in [0.25, 0.3) is 13.4 Å². The summed E-state index contributed by atoms with van der Waals surface area (Å²) < 4.78 is 25.3. The SMILES string of the molecule is c1ccc2c(c1)B1c3cc4c(cc3Oc3ccc5c6ccccc6n-2c5c31)oc1cc2c(cc14)B1c3ccccc3-n3c4ccccc4c4ccc(c1c43)O2. The second kappa shape index (κ2) is 9.15. The highest BCUT2D eigenvalue weighted by atomic mass is 16.5. The fourth-order valence-electron chi connectivity index (χ4n) is 10.9. The van der Waals surface area contributed by atoms with Gasteiger partial charge in [0.05, 0.1) is 22.1 Å². The molecule has 0 bridgehead atoms. The van der Waals surface area contributed by atoms with Crippen molar-refractivity contribution in [1.82, 2.24) is 9.13 Å². The summed E-state index contributed by atoms with van der Waals surface area (Å²) in [4.78, 5) is 0. The van der Waals surface area contributed by atoms with E-state index in [1.54, 1.807) is 0 Å². The van der Waals surface area contributed by atoms with E-state index in [1.165, 1.54) is 76.8 Å². The summed E-state index contributed by atoms with van der Waals surface area (Å²) in [5.74, 6) is 3.49. The summed E-state index contributed by atoms with van der Waals surface area (Å²) >= 11 is 0. The maximum atomic E-state index is 6.85. The number of aromatic nitrogens is 2. The Morgan fingerprint density at radius 2 is 0.818 bits per heavy atom. The minimum absolute atomic E-state index is 0.0121. The maximum Gasteiger partial charge on any atom is 0.256 e. The lowest BCUT2D eigenvalue weighted by Crippen LogP contribution is -2.58. The summed E-state index contributed by atoms with van der Waals surface area (Å²) in [6, 6.07) is 52.9. The number of ether oxygens (including phenoxy) is 2. The molecule has 0 atom stereocenters. The Balaban J connectivity index is 1.00. The molecule has 0 N–H and O–H groups in total. The van der Waals surface area contributed by atoms with Crippen molar-refractivity contribution in [2.24, 2.45) is 0 Å². The second-order valence-corrected chi connectivity index (χ2v) is 15.5. The van der Waals surface area contributed by atoms with E-state index in [4.69, 9.17) is 13.9 Å². The summed E-state index contributed by atoms with van der Waals surface area (Å²) in [6.07, 6.45) is 0. The molecule has 11 aromatic rings. The Hall–Kier alpha value is -7.11. The molecule has 3 aromatic heterocycles. The van der Waals surface area contributed by atoms with Gasteiger partial charge in [0.15, 0.2) is 0 Å². The third-order valence-electron chi connectivity index (χ3n) is 13.0. The van der Waals surface area contributed by atoms with Crippen LogP contribution in [0.2, 0.25) is 0 Å². The highest BCUT2D eigenvalue weighted by Crippen LogP contribution is 2.43. The van der Waals surface area contributed by atoms with Crippen LogP contribution in [0.3, 0.4) is 0 Å². The lowest BCUT2D eigenvalue weighted by molar-refractivity contribution is 0.486.